The Hall–Kier alpha value is -2.95. The average molecular weight is 293 g/mol. The van der Waals surface area contributed by atoms with E-state index in [0.717, 1.165) is 22.6 Å². The Morgan fingerprint density at radius 3 is 2.55 bits per heavy atom. The number of ether oxygens (including phenoxy) is 1. The molecule has 0 N–H and O–H groups in total. The molecule has 0 saturated carbocycles. The van der Waals surface area contributed by atoms with Crippen LogP contribution < -0.4 is 9.64 Å². The van der Waals surface area contributed by atoms with Gasteiger partial charge in [0.2, 0.25) is 0 Å². The molecular formula is C17H15N3O2. The highest BCUT2D eigenvalue weighted by Crippen LogP contribution is 2.27. The lowest BCUT2D eigenvalue weighted by Gasteiger charge is -2.07. The SMILES string of the molecule is COc1ccc(/C=N\N=C2/C(=O)N(C)c3ccccc32)cc1. The number of benzene rings is 2. The van der Waals surface area contributed by atoms with Gasteiger partial charge in [0.15, 0.2) is 5.71 Å². The maximum Gasteiger partial charge on any atom is 0.279 e. The Labute approximate surface area is 128 Å². The molecule has 0 aromatic heterocycles. The molecule has 1 heterocycles. The van der Waals surface area contributed by atoms with Crippen LogP contribution in [0, 0.1) is 0 Å². The first-order chi connectivity index (χ1) is 10.7. The Bertz CT molecular complexity index is 764. The molecule has 0 atom stereocenters. The lowest BCUT2D eigenvalue weighted by molar-refractivity contribution is -0.111. The van der Waals surface area contributed by atoms with Crippen LogP contribution in [0.2, 0.25) is 0 Å². The van der Waals surface area contributed by atoms with E-state index in [-0.39, 0.29) is 5.91 Å². The normalized spacial score (nSPS) is 15.6. The number of fused-ring (bicyclic) bond motifs is 1. The number of hydrogen-bond donors (Lipinski definition) is 0. The molecule has 22 heavy (non-hydrogen) atoms. The lowest BCUT2D eigenvalue weighted by Crippen LogP contribution is -2.25. The maximum atomic E-state index is 12.2. The Balaban J connectivity index is 1.86. The summed E-state index contributed by atoms with van der Waals surface area (Å²) >= 11 is 0. The molecule has 5 nitrogen and oxygen atoms in total. The van der Waals surface area contributed by atoms with E-state index in [4.69, 9.17) is 4.74 Å². The number of hydrogen-bond acceptors (Lipinski definition) is 4. The molecule has 1 aliphatic rings. The largest absolute Gasteiger partial charge is 0.497 e. The highest BCUT2D eigenvalue weighted by Gasteiger charge is 2.30. The first-order valence-corrected chi connectivity index (χ1v) is 6.83. The number of carbonyl (C=O) groups is 1. The Morgan fingerprint density at radius 1 is 1.09 bits per heavy atom. The van der Waals surface area contributed by atoms with Crippen LogP contribution in [-0.2, 0) is 4.79 Å². The van der Waals surface area contributed by atoms with Gasteiger partial charge in [-0.1, -0.05) is 18.2 Å². The summed E-state index contributed by atoms with van der Waals surface area (Å²) in [5.74, 6) is 0.637. The summed E-state index contributed by atoms with van der Waals surface area (Å²) in [6.45, 7) is 0. The minimum Gasteiger partial charge on any atom is -0.497 e. The second-order valence-corrected chi connectivity index (χ2v) is 4.85. The van der Waals surface area contributed by atoms with Crippen molar-refractivity contribution >= 4 is 23.5 Å². The highest BCUT2D eigenvalue weighted by molar-refractivity contribution is 6.54. The van der Waals surface area contributed by atoms with E-state index in [1.165, 1.54) is 0 Å². The van der Waals surface area contributed by atoms with Crippen LogP contribution >= 0.6 is 0 Å². The molecule has 0 unspecified atom stereocenters. The quantitative estimate of drug-likeness (QED) is 0.645. The molecule has 5 heteroatoms. The predicted molar refractivity (Wildman–Crippen MR) is 87.0 cm³/mol. The molecule has 0 fully saturated rings. The summed E-state index contributed by atoms with van der Waals surface area (Å²) < 4.78 is 5.10. The number of anilines is 1. The standard InChI is InChI=1S/C17H15N3O2/c1-20-15-6-4-3-5-14(15)16(17(20)21)19-18-11-12-7-9-13(22-2)10-8-12/h3-11H,1-2H3/b18-11-,19-16-. The topological polar surface area (TPSA) is 54.3 Å². The number of para-hydroxylation sites is 1. The Kier molecular flexibility index (Phi) is 3.70. The number of carbonyl (C=O) groups excluding carboxylic acids is 1. The van der Waals surface area contributed by atoms with E-state index in [1.807, 2.05) is 48.5 Å². The van der Waals surface area contributed by atoms with Crippen molar-refractivity contribution in [1.29, 1.82) is 0 Å². The molecular weight excluding hydrogens is 278 g/mol. The van der Waals surface area contributed by atoms with Gasteiger partial charge in [-0.3, -0.25) is 4.79 Å². The van der Waals surface area contributed by atoms with Gasteiger partial charge in [-0.25, -0.2) is 0 Å². The van der Waals surface area contributed by atoms with Crippen molar-refractivity contribution in [3.63, 3.8) is 0 Å². The summed E-state index contributed by atoms with van der Waals surface area (Å²) in [6, 6.07) is 15.0. The van der Waals surface area contributed by atoms with E-state index in [1.54, 1.807) is 25.3 Å². The van der Waals surface area contributed by atoms with Gasteiger partial charge in [0, 0.05) is 12.6 Å². The van der Waals surface area contributed by atoms with Crippen molar-refractivity contribution in [3.05, 3.63) is 59.7 Å². The molecule has 0 saturated heterocycles. The fraction of sp³-hybridized carbons (Fsp3) is 0.118. The zero-order chi connectivity index (χ0) is 15.5. The molecule has 1 amide bonds. The molecule has 0 spiro atoms. The van der Waals surface area contributed by atoms with Crippen LogP contribution in [0.5, 0.6) is 5.75 Å². The maximum absolute atomic E-state index is 12.2. The van der Waals surface area contributed by atoms with Crippen molar-refractivity contribution in [2.75, 3.05) is 19.1 Å². The second kappa shape index (κ2) is 5.81. The van der Waals surface area contributed by atoms with E-state index >= 15 is 0 Å². The van der Waals surface area contributed by atoms with Gasteiger partial charge in [-0.15, -0.1) is 5.10 Å². The molecule has 1 aliphatic heterocycles. The first kappa shape index (κ1) is 14.0. The van der Waals surface area contributed by atoms with Gasteiger partial charge in [0.25, 0.3) is 5.91 Å². The van der Waals surface area contributed by atoms with Crippen LogP contribution in [0.4, 0.5) is 5.69 Å². The van der Waals surface area contributed by atoms with Crippen molar-refractivity contribution < 1.29 is 9.53 Å². The molecule has 3 rings (SSSR count). The van der Waals surface area contributed by atoms with Crippen LogP contribution in [0.3, 0.4) is 0 Å². The lowest BCUT2D eigenvalue weighted by atomic mass is 10.1. The van der Waals surface area contributed by atoms with Crippen LogP contribution in [0.1, 0.15) is 11.1 Å². The summed E-state index contributed by atoms with van der Waals surface area (Å²) in [7, 11) is 3.35. The number of likely N-dealkylation sites (N-methyl/N-ethyl adjacent to an activating group) is 1. The fourth-order valence-corrected chi connectivity index (χ4v) is 2.29. The second-order valence-electron chi connectivity index (χ2n) is 4.85. The van der Waals surface area contributed by atoms with Crippen LogP contribution in [0.15, 0.2) is 58.7 Å². The van der Waals surface area contributed by atoms with Crippen molar-refractivity contribution in [2.45, 2.75) is 0 Å². The van der Waals surface area contributed by atoms with Crippen LogP contribution in [-0.4, -0.2) is 32.0 Å². The van der Waals surface area contributed by atoms with E-state index in [9.17, 15) is 4.79 Å². The van der Waals surface area contributed by atoms with Crippen molar-refractivity contribution in [1.82, 2.24) is 0 Å². The van der Waals surface area contributed by atoms with E-state index < -0.39 is 0 Å². The molecule has 0 radical (unpaired) electrons. The van der Waals surface area contributed by atoms with Gasteiger partial charge in [-0.2, -0.15) is 5.10 Å². The number of methoxy groups -OCH3 is 1. The molecule has 2 aromatic rings. The monoisotopic (exact) mass is 293 g/mol. The zero-order valence-electron chi connectivity index (χ0n) is 12.4. The number of nitrogens with zero attached hydrogens (tertiary/aromatic N) is 3. The van der Waals surface area contributed by atoms with Gasteiger partial charge >= 0.3 is 0 Å². The minimum atomic E-state index is -0.145. The fourth-order valence-electron chi connectivity index (χ4n) is 2.29. The zero-order valence-corrected chi connectivity index (χ0v) is 12.4. The van der Waals surface area contributed by atoms with E-state index in [2.05, 4.69) is 10.2 Å². The summed E-state index contributed by atoms with van der Waals surface area (Å²) in [5.41, 5.74) is 2.91. The third-order valence-corrected chi connectivity index (χ3v) is 3.51. The van der Waals surface area contributed by atoms with Gasteiger partial charge in [0.05, 0.1) is 19.0 Å². The molecule has 110 valence electrons. The summed E-state index contributed by atoms with van der Waals surface area (Å²) in [6.07, 6.45) is 1.61. The van der Waals surface area contributed by atoms with Gasteiger partial charge in [-0.05, 0) is 35.9 Å². The summed E-state index contributed by atoms with van der Waals surface area (Å²) in [5, 5.41) is 8.13. The van der Waals surface area contributed by atoms with E-state index in [0.29, 0.717) is 5.71 Å². The number of rotatable bonds is 3. The summed E-state index contributed by atoms with van der Waals surface area (Å²) in [4.78, 5) is 13.8. The van der Waals surface area contributed by atoms with Crippen molar-refractivity contribution in [3.8, 4) is 5.75 Å². The average Bonchev–Trinajstić information content (AvgIpc) is 2.81. The van der Waals surface area contributed by atoms with Gasteiger partial charge < -0.3 is 9.64 Å². The first-order valence-electron chi connectivity index (χ1n) is 6.83. The minimum absolute atomic E-state index is 0.145. The highest BCUT2D eigenvalue weighted by atomic mass is 16.5. The predicted octanol–water partition coefficient (Wildman–Crippen LogP) is 2.49. The molecule has 0 bridgehead atoms. The van der Waals surface area contributed by atoms with Crippen LogP contribution in [0.25, 0.3) is 0 Å². The number of amides is 1. The third-order valence-electron chi connectivity index (χ3n) is 3.51. The smallest absolute Gasteiger partial charge is 0.279 e. The molecule has 2 aromatic carbocycles. The van der Waals surface area contributed by atoms with Crippen molar-refractivity contribution in [2.24, 2.45) is 10.2 Å². The molecule has 0 aliphatic carbocycles. The Morgan fingerprint density at radius 2 is 1.82 bits per heavy atom. The third kappa shape index (κ3) is 2.48. The van der Waals surface area contributed by atoms with Gasteiger partial charge in [0.1, 0.15) is 5.75 Å².